The second-order valence-electron chi connectivity index (χ2n) is 3.57. The maximum Gasteiger partial charge on any atom is 0.128 e. The van der Waals surface area contributed by atoms with Crippen molar-refractivity contribution >= 4 is 11.6 Å². The molecule has 0 saturated heterocycles. The van der Waals surface area contributed by atoms with Crippen molar-refractivity contribution in [1.82, 2.24) is 0 Å². The minimum absolute atomic E-state index is 0. The van der Waals surface area contributed by atoms with Crippen LogP contribution in [-0.4, -0.2) is 36.5 Å². The molecule has 0 N–H and O–H groups in total. The van der Waals surface area contributed by atoms with Crippen molar-refractivity contribution in [2.45, 2.75) is 11.4 Å². The van der Waals surface area contributed by atoms with Gasteiger partial charge in [-0.1, -0.05) is 12.7 Å². The third-order valence-electron chi connectivity index (χ3n) is 2.23. The maximum absolute atomic E-state index is 6.00. The largest absolute Gasteiger partial charge is 1.00 e. The number of rotatable bonds is 3. The summed E-state index contributed by atoms with van der Waals surface area (Å²) in [7, 11) is 4.34. The van der Waals surface area contributed by atoms with Gasteiger partial charge in [-0.3, -0.25) is 0 Å². The molecular formula is C9H15Cl2N. The van der Waals surface area contributed by atoms with Crippen molar-refractivity contribution in [3.05, 3.63) is 24.8 Å². The van der Waals surface area contributed by atoms with Crippen molar-refractivity contribution in [1.29, 1.82) is 0 Å². The number of hydrogen-bond acceptors (Lipinski definition) is 0. The van der Waals surface area contributed by atoms with E-state index in [1.165, 1.54) is 0 Å². The Bertz CT molecular complexity index is 187. The Balaban J connectivity index is 0.00000121. The zero-order chi connectivity index (χ0) is 8.48. The highest BCUT2D eigenvalue weighted by Crippen LogP contribution is 2.25. The maximum atomic E-state index is 6.00. The Morgan fingerprint density at radius 2 is 2.08 bits per heavy atom. The van der Waals surface area contributed by atoms with Crippen LogP contribution in [0.5, 0.6) is 0 Å². The lowest BCUT2D eigenvalue weighted by molar-refractivity contribution is -0.903. The molecule has 0 bridgehead atoms. The van der Waals surface area contributed by atoms with E-state index in [9.17, 15) is 0 Å². The molecule has 0 heterocycles. The van der Waals surface area contributed by atoms with Crippen molar-refractivity contribution in [3.8, 4) is 0 Å². The molecule has 0 aromatic heterocycles. The second kappa shape index (κ2) is 4.31. The van der Waals surface area contributed by atoms with Crippen molar-refractivity contribution < 1.29 is 16.9 Å². The number of quaternary nitrogens is 1. The van der Waals surface area contributed by atoms with Crippen LogP contribution in [0.2, 0.25) is 0 Å². The molecule has 0 spiro atoms. The Labute approximate surface area is 85.7 Å². The lowest BCUT2D eigenvalue weighted by Gasteiger charge is -2.40. The molecule has 0 radical (unpaired) electrons. The second-order valence-corrected chi connectivity index (χ2v) is 4.07. The third kappa shape index (κ3) is 2.25. The molecule has 70 valence electrons. The minimum atomic E-state index is 0. The first-order chi connectivity index (χ1) is 5.08. The predicted octanol–water partition coefficient (Wildman–Crippen LogP) is -1.20. The summed E-state index contributed by atoms with van der Waals surface area (Å²) in [6.07, 6.45) is 6.15. The smallest absolute Gasteiger partial charge is 0.128 e. The molecule has 0 aromatic carbocycles. The summed E-state index contributed by atoms with van der Waals surface area (Å²) in [5.74, 6) is 0. The zero-order valence-electron chi connectivity index (χ0n) is 7.50. The highest BCUT2D eigenvalue weighted by Gasteiger charge is 2.35. The minimum Gasteiger partial charge on any atom is -1.00 e. The normalized spacial score (nSPS) is 27.2. The number of hydrogen-bond donors (Lipinski definition) is 0. The van der Waals surface area contributed by atoms with Crippen molar-refractivity contribution in [2.24, 2.45) is 0 Å². The van der Waals surface area contributed by atoms with Gasteiger partial charge < -0.3 is 16.9 Å². The summed E-state index contributed by atoms with van der Waals surface area (Å²) in [4.78, 5) is 0. The van der Waals surface area contributed by atoms with Crippen LogP contribution in [0.1, 0.15) is 0 Å². The first-order valence-electron chi connectivity index (χ1n) is 3.84. The highest BCUT2D eigenvalue weighted by atomic mass is 35.5. The topological polar surface area (TPSA) is 0 Å². The lowest BCUT2D eigenvalue weighted by atomic mass is 10.00. The van der Waals surface area contributed by atoms with E-state index in [4.69, 9.17) is 11.6 Å². The van der Waals surface area contributed by atoms with Crippen LogP contribution in [0.4, 0.5) is 0 Å². The van der Waals surface area contributed by atoms with Gasteiger partial charge in [-0.15, -0.1) is 11.6 Å². The van der Waals surface area contributed by atoms with Crippen LogP contribution in [-0.2, 0) is 0 Å². The molecule has 2 unspecified atom stereocenters. The predicted molar refractivity (Wildman–Crippen MR) is 49.7 cm³/mol. The molecule has 0 aromatic rings. The van der Waals surface area contributed by atoms with Gasteiger partial charge in [0.2, 0.25) is 0 Å². The van der Waals surface area contributed by atoms with Crippen LogP contribution in [0, 0.1) is 0 Å². The van der Waals surface area contributed by atoms with Crippen LogP contribution < -0.4 is 12.4 Å². The molecule has 1 rings (SSSR count). The molecule has 3 heteroatoms. The fourth-order valence-electron chi connectivity index (χ4n) is 1.37. The summed E-state index contributed by atoms with van der Waals surface area (Å²) in [6, 6.07) is 0.467. The Kier molecular flexibility index (Phi) is 4.32. The fraction of sp³-hybridized carbons (Fsp3) is 0.556. The quantitative estimate of drug-likeness (QED) is 0.310. The van der Waals surface area contributed by atoms with E-state index in [2.05, 4.69) is 26.8 Å². The Morgan fingerprint density at radius 3 is 2.33 bits per heavy atom. The molecule has 0 aliphatic heterocycles. The standard InChI is InChI=1S/C9H15ClN.ClH/c1-4-7-11(2,3)9-6-5-8(9)10;/h4-6,8-9H,1,7H2,2-3H3;1H/q+1;/p-1. The van der Waals surface area contributed by atoms with Crippen molar-refractivity contribution in [2.75, 3.05) is 20.6 Å². The molecule has 1 aliphatic carbocycles. The number of nitrogens with zero attached hydrogens (tertiary/aromatic N) is 1. The van der Waals surface area contributed by atoms with Crippen LogP contribution >= 0.6 is 11.6 Å². The van der Waals surface area contributed by atoms with E-state index in [0.29, 0.717) is 6.04 Å². The summed E-state index contributed by atoms with van der Waals surface area (Å²) < 4.78 is 0.911. The Hall–Kier alpha value is 0.0200. The fourth-order valence-corrected chi connectivity index (χ4v) is 1.84. The van der Waals surface area contributed by atoms with Gasteiger partial charge in [0, 0.05) is 0 Å². The molecule has 2 atom stereocenters. The zero-order valence-corrected chi connectivity index (χ0v) is 9.02. The van der Waals surface area contributed by atoms with Crippen LogP contribution in [0.25, 0.3) is 0 Å². The molecule has 0 saturated carbocycles. The first kappa shape index (κ1) is 12.0. The summed E-state index contributed by atoms with van der Waals surface area (Å²) >= 11 is 6.00. The van der Waals surface area contributed by atoms with E-state index in [1.807, 2.05) is 12.2 Å². The van der Waals surface area contributed by atoms with E-state index in [-0.39, 0.29) is 17.8 Å². The molecule has 0 fully saturated rings. The van der Waals surface area contributed by atoms with Gasteiger partial charge in [0.25, 0.3) is 0 Å². The van der Waals surface area contributed by atoms with Gasteiger partial charge in [-0.2, -0.15) is 0 Å². The van der Waals surface area contributed by atoms with Crippen molar-refractivity contribution in [3.63, 3.8) is 0 Å². The van der Waals surface area contributed by atoms with Crippen LogP contribution in [0.15, 0.2) is 24.8 Å². The van der Waals surface area contributed by atoms with Gasteiger partial charge in [-0.25, -0.2) is 0 Å². The molecule has 12 heavy (non-hydrogen) atoms. The average Bonchev–Trinajstić information content (AvgIpc) is 1.83. The third-order valence-corrected chi connectivity index (χ3v) is 2.63. The average molecular weight is 208 g/mol. The highest BCUT2D eigenvalue weighted by molar-refractivity contribution is 6.23. The number of alkyl halides is 1. The van der Waals surface area contributed by atoms with E-state index in [0.717, 1.165) is 11.0 Å². The lowest BCUT2D eigenvalue weighted by Crippen LogP contribution is -3.00. The van der Waals surface area contributed by atoms with Gasteiger partial charge in [0.15, 0.2) is 0 Å². The van der Waals surface area contributed by atoms with E-state index in [1.54, 1.807) is 0 Å². The molecule has 1 nitrogen and oxygen atoms in total. The number of halogens is 2. The summed E-state index contributed by atoms with van der Waals surface area (Å²) in [5, 5.41) is 0.213. The molecule has 0 amide bonds. The van der Waals surface area contributed by atoms with Crippen LogP contribution in [0.3, 0.4) is 0 Å². The first-order valence-corrected chi connectivity index (χ1v) is 4.27. The SMILES string of the molecule is C=CC[N+](C)(C)C1C=CC1Cl.[Cl-]. The molecular weight excluding hydrogens is 193 g/mol. The van der Waals surface area contributed by atoms with Gasteiger partial charge in [0.1, 0.15) is 11.4 Å². The van der Waals surface area contributed by atoms with Gasteiger partial charge in [0.05, 0.1) is 20.6 Å². The Morgan fingerprint density at radius 1 is 1.50 bits per heavy atom. The van der Waals surface area contributed by atoms with E-state index < -0.39 is 0 Å². The van der Waals surface area contributed by atoms with E-state index >= 15 is 0 Å². The monoisotopic (exact) mass is 207 g/mol. The summed E-state index contributed by atoms with van der Waals surface area (Å²) in [6.45, 7) is 4.70. The van der Waals surface area contributed by atoms with Gasteiger partial charge >= 0.3 is 0 Å². The number of likely N-dealkylation sites (N-methyl/N-ethyl adjacent to an activating group) is 1. The van der Waals surface area contributed by atoms with Gasteiger partial charge in [-0.05, 0) is 12.2 Å². The molecule has 1 aliphatic rings. The summed E-state index contributed by atoms with van der Waals surface area (Å²) in [5.41, 5.74) is 0.